The molecule has 1 fully saturated rings. The zero-order valence-electron chi connectivity index (χ0n) is 10.4. The van der Waals surface area contributed by atoms with Gasteiger partial charge in [-0.2, -0.15) is 0 Å². The Bertz CT molecular complexity index is 324. The third-order valence-electron chi connectivity index (χ3n) is 2.96. The number of aliphatic hydroxyl groups is 1. The summed E-state index contributed by atoms with van der Waals surface area (Å²) in [5.41, 5.74) is -0.965. The maximum absolute atomic E-state index is 11.8. The Balaban J connectivity index is 2.55. The Morgan fingerprint density at radius 3 is 2.53 bits per heavy atom. The lowest BCUT2D eigenvalue weighted by atomic mass is 9.95. The van der Waals surface area contributed by atoms with E-state index in [1.165, 1.54) is 18.5 Å². The van der Waals surface area contributed by atoms with Gasteiger partial charge in [-0.05, 0) is 0 Å². The highest BCUT2D eigenvalue weighted by atomic mass is 32.2. The van der Waals surface area contributed by atoms with Crippen molar-refractivity contribution >= 4 is 10.0 Å². The zero-order chi connectivity index (χ0) is 12.9. The second kappa shape index (κ2) is 6.10. The third kappa shape index (κ3) is 4.51. The van der Waals surface area contributed by atoms with Gasteiger partial charge >= 0.3 is 0 Å². The fraction of sp³-hybridized carbons (Fsp3) is 1.00. The minimum absolute atomic E-state index is 0.0629. The molecule has 102 valence electrons. The van der Waals surface area contributed by atoms with Crippen LogP contribution in [0.2, 0.25) is 0 Å². The Morgan fingerprint density at radius 1 is 1.41 bits per heavy atom. The van der Waals surface area contributed by atoms with E-state index in [4.69, 9.17) is 9.47 Å². The average Bonchev–Trinajstić information content (AvgIpc) is 2.26. The van der Waals surface area contributed by atoms with Gasteiger partial charge < -0.3 is 14.6 Å². The molecule has 1 rings (SSSR count). The van der Waals surface area contributed by atoms with Crippen molar-refractivity contribution in [3.63, 3.8) is 0 Å². The lowest BCUT2D eigenvalue weighted by Crippen LogP contribution is -2.48. The van der Waals surface area contributed by atoms with Crippen LogP contribution in [-0.2, 0) is 19.5 Å². The number of ether oxygens (including phenoxy) is 2. The number of sulfonamides is 1. The summed E-state index contributed by atoms with van der Waals surface area (Å²) < 4.78 is 34.7. The standard InChI is InChI=1S/C10H21NO5S/c1-11(17(13,14)8-7-15-2)9-10(12)3-5-16-6-4-10/h12H,3-9H2,1-2H3. The van der Waals surface area contributed by atoms with Crippen LogP contribution in [0.15, 0.2) is 0 Å². The van der Waals surface area contributed by atoms with E-state index in [0.29, 0.717) is 26.1 Å². The Morgan fingerprint density at radius 2 is 2.00 bits per heavy atom. The summed E-state index contributed by atoms with van der Waals surface area (Å²) in [5, 5.41) is 10.2. The SMILES string of the molecule is COCCS(=O)(=O)N(C)CC1(O)CCOCC1. The Hall–Kier alpha value is -0.210. The van der Waals surface area contributed by atoms with E-state index in [1.54, 1.807) is 0 Å². The summed E-state index contributed by atoms with van der Waals surface area (Å²) in [4.78, 5) is 0. The van der Waals surface area contributed by atoms with Crippen molar-refractivity contribution in [3.8, 4) is 0 Å². The topological polar surface area (TPSA) is 76.1 Å². The van der Waals surface area contributed by atoms with E-state index < -0.39 is 15.6 Å². The second-order valence-corrected chi connectivity index (χ2v) is 6.60. The van der Waals surface area contributed by atoms with Crippen LogP contribution in [0.4, 0.5) is 0 Å². The molecule has 0 unspecified atom stereocenters. The van der Waals surface area contributed by atoms with Gasteiger partial charge in [0.2, 0.25) is 10.0 Å². The molecule has 0 amide bonds. The number of nitrogens with zero attached hydrogens (tertiary/aromatic N) is 1. The quantitative estimate of drug-likeness (QED) is 0.698. The molecule has 6 nitrogen and oxygen atoms in total. The van der Waals surface area contributed by atoms with Crippen molar-refractivity contribution in [1.29, 1.82) is 0 Å². The number of hydrogen-bond acceptors (Lipinski definition) is 5. The fourth-order valence-corrected chi connectivity index (χ4v) is 2.89. The number of methoxy groups -OCH3 is 1. The van der Waals surface area contributed by atoms with Gasteiger partial charge in [0, 0.05) is 46.8 Å². The van der Waals surface area contributed by atoms with Crippen LogP contribution in [0, 0.1) is 0 Å². The second-order valence-electron chi connectivity index (χ2n) is 4.40. The highest BCUT2D eigenvalue weighted by Gasteiger charge is 2.34. The molecule has 1 N–H and O–H groups in total. The summed E-state index contributed by atoms with van der Waals surface area (Å²) in [7, 11) is -0.408. The van der Waals surface area contributed by atoms with Crippen molar-refractivity contribution in [2.24, 2.45) is 0 Å². The van der Waals surface area contributed by atoms with Crippen molar-refractivity contribution < 1.29 is 23.0 Å². The van der Waals surface area contributed by atoms with E-state index in [2.05, 4.69) is 0 Å². The minimum atomic E-state index is -3.35. The van der Waals surface area contributed by atoms with E-state index in [1.807, 2.05) is 0 Å². The van der Waals surface area contributed by atoms with E-state index in [0.717, 1.165) is 0 Å². The third-order valence-corrected chi connectivity index (χ3v) is 4.72. The van der Waals surface area contributed by atoms with Crippen LogP contribution in [0.5, 0.6) is 0 Å². The first-order valence-corrected chi connectivity index (χ1v) is 7.24. The molecule has 0 aromatic carbocycles. The van der Waals surface area contributed by atoms with Crippen molar-refractivity contribution in [2.45, 2.75) is 18.4 Å². The molecule has 0 atom stereocenters. The normalized spacial score (nSPS) is 20.7. The summed E-state index contributed by atoms with van der Waals surface area (Å²) in [6.07, 6.45) is 0.939. The van der Waals surface area contributed by atoms with Gasteiger partial charge in [-0.15, -0.1) is 0 Å². The van der Waals surface area contributed by atoms with Crippen molar-refractivity contribution in [3.05, 3.63) is 0 Å². The predicted octanol–water partition coefficient (Wildman–Crippen LogP) is -0.564. The van der Waals surface area contributed by atoms with Gasteiger partial charge in [0.1, 0.15) is 0 Å². The van der Waals surface area contributed by atoms with Crippen LogP contribution < -0.4 is 0 Å². The van der Waals surface area contributed by atoms with Gasteiger partial charge in [-0.1, -0.05) is 0 Å². The maximum atomic E-state index is 11.8. The molecule has 0 aromatic rings. The van der Waals surface area contributed by atoms with Gasteiger partial charge in [0.15, 0.2) is 0 Å². The summed E-state index contributed by atoms with van der Waals surface area (Å²) >= 11 is 0. The van der Waals surface area contributed by atoms with Crippen molar-refractivity contribution in [2.75, 3.05) is 46.3 Å². The average molecular weight is 267 g/mol. The first-order valence-electron chi connectivity index (χ1n) is 5.63. The molecule has 0 saturated carbocycles. The number of hydrogen-bond donors (Lipinski definition) is 1. The molecule has 0 bridgehead atoms. The predicted molar refractivity (Wildman–Crippen MR) is 63.3 cm³/mol. The molecule has 0 spiro atoms. The Kier molecular flexibility index (Phi) is 5.33. The highest BCUT2D eigenvalue weighted by Crippen LogP contribution is 2.22. The van der Waals surface area contributed by atoms with Gasteiger partial charge in [-0.25, -0.2) is 12.7 Å². The first-order chi connectivity index (χ1) is 7.90. The number of likely N-dealkylation sites (N-methyl/N-ethyl adjacent to an activating group) is 1. The van der Waals surface area contributed by atoms with Crippen LogP contribution in [0.25, 0.3) is 0 Å². The summed E-state index contributed by atoms with van der Waals surface area (Å²) in [6, 6.07) is 0. The van der Waals surface area contributed by atoms with E-state index in [9.17, 15) is 13.5 Å². The van der Waals surface area contributed by atoms with Gasteiger partial charge in [0.25, 0.3) is 0 Å². The van der Waals surface area contributed by atoms with Crippen molar-refractivity contribution in [1.82, 2.24) is 4.31 Å². The molecule has 0 radical (unpaired) electrons. The molecule has 1 saturated heterocycles. The molecule has 1 aliphatic rings. The van der Waals surface area contributed by atoms with Gasteiger partial charge in [-0.3, -0.25) is 0 Å². The van der Waals surface area contributed by atoms with E-state index >= 15 is 0 Å². The maximum Gasteiger partial charge on any atom is 0.216 e. The smallest absolute Gasteiger partial charge is 0.216 e. The minimum Gasteiger partial charge on any atom is -0.388 e. The molecule has 0 aliphatic carbocycles. The molecular formula is C10H21NO5S. The van der Waals surface area contributed by atoms with E-state index in [-0.39, 0.29) is 18.9 Å². The summed E-state index contributed by atoms with van der Waals surface area (Å²) in [5.74, 6) is -0.0629. The van der Waals surface area contributed by atoms with Crippen LogP contribution in [0.3, 0.4) is 0 Å². The molecule has 1 heterocycles. The monoisotopic (exact) mass is 267 g/mol. The molecule has 1 aliphatic heterocycles. The lowest BCUT2D eigenvalue weighted by molar-refractivity contribution is -0.0689. The van der Waals surface area contributed by atoms with Gasteiger partial charge in [0.05, 0.1) is 18.0 Å². The molecule has 7 heteroatoms. The first kappa shape index (κ1) is 14.8. The summed E-state index contributed by atoms with van der Waals surface area (Å²) in [6.45, 7) is 1.22. The van der Waals surface area contributed by atoms with Crippen LogP contribution in [-0.4, -0.2) is 69.7 Å². The van der Waals surface area contributed by atoms with Crippen LogP contribution in [0.1, 0.15) is 12.8 Å². The largest absolute Gasteiger partial charge is 0.388 e. The molecule has 0 aromatic heterocycles. The molecule has 17 heavy (non-hydrogen) atoms. The lowest BCUT2D eigenvalue weighted by Gasteiger charge is -2.34. The molecular weight excluding hydrogens is 246 g/mol. The highest BCUT2D eigenvalue weighted by molar-refractivity contribution is 7.89. The Labute approximate surface area is 103 Å². The number of rotatable bonds is 6. The fourth-order valence-electron chi connectivity index (χ4n) is 1.77. The van der Waals surface area contributed by atoms with Crippen LogP contribution >= 0.6 is 0 Å². The zero-order valence-corrected chi connectivity index (χ0v) is 11.2.